The maximum Gasteiger partial charge on any atom is 0.220 e. The number of nitrogens with one attached hydrogen (secondary N) is 1. The molecule has 2 aromatic carbocycles. The lowest BCUT2D eigenvalue weighted by Crippen LogP contribution is -2.28. The SMILES string of the molecule is CCCc1ccc(OCCNC(=O)CCc2ccccc2F)cc1. The average molecular weight is 329 g/mol. The van der Waals surface area contributed by atoms with Gasteiger partial charge in [0.1, 0.15) is 18.2 Å². The van der Waals surface area contributed by atoms with Crippen LogP contribution in [0.15, 0.2) is 48.5 Å². The van der Waals surface area contributed by atoms with E-state index in [1.54, 1.807) is 18.2 Å². The number of carbonyl (C=O) groups excluding carboxylic acids is 1. The predicted octanol–water partition coefficient (Wildman–Crippen LogP) is 3.91. The number of ether oxygens (including phenoxy) is 1. The van der Waals surface area contributed by atoms with Gasteiger partial charge < -0.3 is 10.1 Å². The number of rotatable bonds is 9. The summed E-state index contributed by atoms with van der Waals surface area (Å²) >= 11 is 0. The molecule has 24 heavy (non-hydrogen) atoms. The number of benzene rings is 2. The second-order valence-electron chi connectivity index (χ2n) is 5.68. The van der Waals surface area contributed by atoms with Crippen LogP contribution in [0.2, 0.25) is 0 Å². The molecule has 0 fully saturated rings. The Kier molecular flexibility index (Phi) is 7.27. The van der Waals surface area contributed by atoms with Crippen LogP contribution >= 0.6 is 0 Å². The van der Waals surface area contributed by atoms with Crippen molar-refractivity contribution in [1.29, 1.82) is 0 Å². The molecule has 0 atom stereocenters. The van der Waals surface area contributed by atoms with Gasteiger partial charge in [-0.15, -0.1) is 0 Å². The molecule has 0 aromatic heterocycles. The molecule has 0 saturated heterocycles. The summed E-state index contributed by atoms with van der Waals surface area (Å²) in [6, 6.07) is 14.6. The van der Waals surface area contributed by atoms with Gasteiger partial charge in [0.2, 0.25) is 5.91 Å². The molecule has 0 radical (unpaired) electrons. The quantitative estimate of drug-likeness (QED) is 0.709. The Morgan fingerprint density at radius 3 is 2.54 bits per heavy atom. The van der Waals surface area contributed by atoms with Crippen LogP contribution in [0.1, 0.15) is 30.9 Å². The molecule has 0 heterocycles. The van der Waals surface area contributed by atoms with Crippen LogP contribution in [0.5, 0.6) is 5.75 Å². The van der Waals surface area contributed by atoms with Crippen LogP contribution in [-0.4, -0.2) is 19.1 Å². The molecule has 0 saturated carbocycles. The van der Waals surface area contributed by atoms with Gasteiger partial charge in [0, 0.05) is 6.42 Å². The van der Waals surface area contributed by atoms with E-state index in [9.17, 15) is 9.18 Å². The molecule has 0 spiro atoms. The number of amides is 1. The van der Waals surface area contributed by atoms with Crippen molar-refractivity contribution < 1.29 is 13.9 Å². The van der Waals surface area contributed by atoms with Gasteiger partial charge in [0.15, 0.2) is 0 Å². The first-order chi connectivity index (χ1) is 11.7. The van der Waals surface area contributed by atoms with Crippen molar-refractivity contribution in [3.8, 4) is 5.75 Å². The standard InChI is InChI=1S/C20H24FNO2/c1-2-5-16-8-11-18(12-9-16)24-15-14-22-20(23)13-10-17-6-3-4-7-19(17)21/h3-4,6-9,11-12H,2,5,10,13-15H2,1H3,(H,22,23). The van der Waals surface area contributed by atoms with Crippen LogP contribution in [0.25, 0.3) is 0 Å². The van der Waals surface area contributed by atoms with Gasteiger partial charge in [-0.2, -0.15) is 0 Å². The molecule has 0 aliphatic rings. The van der Waals surface area contributed by atoms with E-state index in [0.29, 0.717) is 25.1 Å². The van der Waals surface area contributed by atoms with Crippen molar-refractivity contribution >= 4 is 5.91 Å². The lowest BCUT2D eigenvalue weighted by atomic mass is 10.1. The molecule has 0 aliphatic carbocycles. The summed E-state index contributed by atoms with van der Waals surface area (Å²) in [5.74, 6) is 0.441. The monoisotopic (exact) mass is 329 g/mol. The maximum absolute atomic E-state index is 13.5. The van der Waals surface area contributed by atoms with Crippen molar-refractivity contribution in [1.82, 2.24) is 5.32 Å². The van der Waals surface area contributed by atoms with Gasteiger partial charge in [-0.1, -0.05) is 43.7 Å². The van der Waals surface area contributed by atoms with Crippen LogP contribution < -0.4 is 10.1 Å². The minimum absolute atomic E-state index is 0.0971. The number of aryl methyl sites for hydroxylation is 2. The van der Waals surface area contributed by atoms with Crippen LogP contribution in [0, 0.1) is 5.82 Å². The summed E-state index contributed by atoms with van der Waals surface area (Å²) in [6.07, 6.45) is 2.86. The number of hydrogen-bond donors (Lipinski definition) is 1. The summed E-state index contributed by atoms with van der Waals surface area (Å²) < 4.78 is 19.1. The Morgan fingerprint density at radius 1 is 1.08 bits per heavy atom. The normalized spacial score (nSPS) is 10.4. The number of halogens is 1. The summed E-state index contributed by atoms with van der Waals surface area (Å²) in [6.45, 7) is 3.00. The van der Waals surface area contributed by atoms with Gasteiger partial charge in [-0.25, -0.2) is 4.39 Å². The van der Waals surface area contributed by atoms with Gasteiger partial charge in [-0.3, -0.25) is 4.79 Å². The van der Waals surface area contributed by atoms with Crippen molar-refractivity contribution in [3.63, 3.8) is 0 Å². The second-order valence-corrected chi connectivity index (χ2v) is 5.68. The van der Waals surface area contributed by atoms with Crippen molar-refractivity contribution in [3.05, 3.63) is 65.5 Å². The highest BCUT2D eigenvalue weighted by Gasteiger charge is 2.05. The fourth-order valence-electron chi connectivity index (χ4n) is 2.44. The third-order valence-electron chi connectivity index (χ3n) is 3.73. The van der Waals surface area contributed by atoms with E-state index in [-0.39, 0.29) is 18.1 Å². The van der Waals surface area contributed by atoms with E-state index >= 15 is 0 Å². The Bertz CT molecular complexity index is 640. The Hall–Kier alpha value is -2.36. The molecule has 1 amide bonds. The van der Waals surface area contributed by atoms with E-state index in [1.807, 2.05) is 12.1 Å². The van der Waals surface area contributed by atoms with E-state index in [4.69, 9.17) is 4.74 Å². The molecule has 128 valence electrons. The molecular formula is C20H24FNO2. The van der Waals surface area contributed by atoms with Crippen molar-refractivity contribution in [2.75, 3.05) is 13.2 Å². The van der Waals surface area contributed by atoms with E-state index in [0.717, 1.165) is 18.6 Å². The second kappa shape index (κ2) is 9.71. The summed E-state index contributed by atoms with van der Waals surface area (Å²) in [5.41, 5.74) is 1.86. The largest absolute Gasteiger partial charge is 0.492 e. The third kappa shape index (κ3) is 6.03. The first kappa shape index (κ1) is 18.0. The number of carbonyl (C=O) groups is 1. The summed E-state index contributed by atoms with van der Waals surface area (Å²) in [5, 5.41) is 2.79. The first-order valence-electron chi connectivity index (χ1n) is 8.41. The van der Waals surface area contributed by atoms with Gasteiger partial charge in [0.25, 0.3) is 0 Å². The molecule has 2 aromatic rings. The zero-order valence-electron chi connectivity index (χ0n) is 14.1. The number of hydrogen-bond acceptors (Lipinski definition) is 2. The minimum atomic E-state index is -0.264. The average Bonchev–Trinajstić information content (AvgIpc) is 2.60. The zero-order chi connectivity index (χ0) is 17.2. The smallest absolute Gasteiger partial charge is 0.220 e. The highest BCUT2D eigenvalue weighted by atomic mass is 19.1. The van der Waals surface area contributed by atoms with Crippen molar-refractivity contribution in [2.24, 2.45) is 0 Å². The topological polar surface area (TPSA) is 38.3 Å². The lowest BCUT2D eigenvalue weighted by molar-refractivity contribution is -0.121. The Labute approximate surface area is 142 Å². The van der Waals surface area contributed by atoms with E-state index < -0.39 is 0 Å². The van der Waals surface area contributed by atoms with Crippen molar-refractivity contribution in [2.45, 2.75) is 32.6 Å². The molecule has 1 N–H and O–H groups in total. The van der Waals surface area contributed by atoms with Gasteiger partial charge in [0.05, 0.1) is 6.54 Å². The summed E-state index contributed by atoms with van der Waals surface area (Å²) in [4.78, 5) is 11.8. The molecule has 4 heteroatoms. The van der Waals surface area contributed by atoms with Crippen LogP contribution in [0.3, 0.4) is 0 Å². The molecule has 2 rings (SSSR count). The molecule has 0 bridgehead atoms. The van der Waals surface area contributed by atoms with Crippen LogP contribution in [-0.2, 0) is 17.6 Å². The third-order valence-corrected chi connectivity index (χ3v) is 3.73. The van der Waals surface area contributed by atoms with E-state index in [1.165, 1.54) is 11.6 Å². The Morgan fingerprint density at radius 2 is 1.83 bits per heavy atom. The fraction of sp³-hybridized carbons (Fsp3) is 0.350. The maximum atomic E-state index is 13.5. The van der Waals surface area contributed by atoms with Crippen LogP contribution in [0.4, 0.5) is 4.39 Å². The highest BCUT2D eigenvalue weighted by Crippen LogP contribution is 2.13. The van der Waals surface area contributed by atoms with Gasteiger partial charge in [-0.05, 0) is 42.2 Å². The minimum Gasteiger partial charge on any atom is -0.492 e. The Balaban J connectivity index is 1.63. The summed E-state index contributed by atoms with van der Waals surface area (Å²) in [7, 11) is 0. The van der Waals surface area contributed by atoms with E-state index in [2.05, 4.69) is 24.4 Å². The lowest BCUT2D eigenvalue weighted by Gasteiger charge is -2.09. The molecule has 0 aliphatic heterocycles. The molecule has 0 unspecified atom stereocenters. The van der Waals surface area contributed by atoms with Gasteiger partial charge >= 0.3 is 0 Å². The predicted molar refractivity (Wildman–Crippen MR) is 93.7 cm³/mol. The zero-order valence-corrected chi connectivity index (χ0v) is 14.1. The fourth-order valence-corrected chi connectivity index (χ4v) is 2.44. The highest BCUT2D eigenvalue weighted by molar-refractivity contribution is 5.76. The molecule has 3 nitrogen and oxygen atoms in total. The molecular weight excluding hydrogens is 305 g/mol. The first-order valence-corrected chi connectivity index (χ1v) is 8.41.